The van der Waals surface area contributed by atoms with Gasteiger partial charge in [-0.1, -0.05) is 0 Å². The number of halogens is 1. The van der Waals surface area contributed by atoms with E-state index in [9.17, 15) is 19.4 Å². The zero-order valence-electron chi connectivity index (χ0n) is 7.11. The number of methoxy groups -OCH3 is 1. The molecule has 2 fully saturated rings. The van der Waals surface area contributed by atoms with Crippen LogP contribution in [0.3, 0.4) is 0 Å². The number of aliphatic hydroxyl groups excluding tert-OH is 2. The van der Waals surface area contributed by atoms with E-state index in [-0.39, 0.29) is 6.42 Å². The fourth-order valence-electron chi connectivity index (χ4n) is 2.42. The number of fused-ring (bicyclic) bond motifs is 1. The van der Waals surface area contributed by atoms with Crippen LogP contribution in [0, 0.1) is 11.8 Å². The van der Waals surface area contributed by atoms with E-state index in [1.165, 1.54) is 0 Å². The van der Waals surface area contributed by atoms with Crippen molar-refractivity contribution in [2.75, 3.05) is 7.11 Å². The minimum absolute atomic E-state index is 0.151. The molecular formula is C8H11FO4. The molecule has 2 rings (SSSR count). The monoisotopic (exact) mass is 190 g/mol. The maximum Gasteiger partial charge on any atom is 0.344 e. The Morgan fingerprint density at radius 1 is 1.46 bits per heavy atom. The second-order valence-electron chi connectivity index (χ2n) is 3.68. The highest BCUT2D eigenvalue weighted by Crippen LogP contribution is 2.63. The molecule has 2 aliphatic rings. The number of carbonyl (C=O) groups is 1. The summed E-state index contributed by atoms with van der Waals surface area (Å²) in [5, 5.41) is 18.6. The molecule has 5 heteroatoms. The summed E-state index contributed by atoms with van der Waals surface area (Å²) in [6.07, 6.45) is -1.70. The second-order valence-corrected chi connectivity index (χ2v) is 3.68. The van der Waals surface area contributed by atoms with Crippen LogP contribution in [0.5, 0.6) is 0 Å². The normalized spacial score (nSPS) is 52.9. The van der Waals surface area contributed by atoms with Crippen LogP contribution in [0.2, 0.25) is 0 Å². The molecule has 4 nitrogen and oxygen atoms in total. The van der Waals surface area contributed by atoms with Crippen LogP contribution in [-0.4, -0.2) is 41.2 Å². The minimum atomic E-state index is -2.15. The van der Waals surface area contributed by atoms with Gasteiger partial charge in [-0.15, -0.1) is 0 Å². The Labute approximate surface area is 74.3 Å². The summed E-state index contributed by atoms with van der Waals surface area (Å²) in [7, 11) is 1.09. The molecule has 0 spiro atoms. The van der Waals surface area contributed by atoms with Gasteiger partial charge in [0.2, 0.25) is 5.67 Å². The first-order chi connectivity index (χ1) is 6.03. The van der Waals surface area contributed by atoms with E-state index >= 15 is 0 Å². The van der Waals surface area contributed by atoms with Crippen molar-refractivity contribution in [3.05, 3.63) is 0 Å². The maximum atomic E-state index is 13.7. The highest BCUT2D eigenvalue weighted by Gasteiger charge is 2.79. The molecule has 2 N–H and O–H groups in total. The van der Waals surface area contributed by atoms with Crippen molar-refractivity contribution < 1.29 is 24.1 Å². The quantitative estimate of drug-likeness (QED) is 0.533. The third-order valence-electron chi connectivity index (χ3n) is 3.06. The van der Waals surface area contributed by atoms with E-state index in [4.69, 9.17) is 0 Å². The van der Waals surface area contributed by atoms with Crippen LogP contribution in [0.4, 0.5) is 4.39 Å². The van der Waals surface area contributed by atoms with E-state index in [0.717, 1.165) is 7.11 Å². The van der Waals surface area contributed by atoms with Crippen molar-refractivity contribution in [1.82, 2.24) is 0 Å². The molecule has 0 amide bonds. The number of rotatable bonds is 1. The molecule has 0 heterocycles. The Kier molecular flexibility index (Phi) is 1.66. The van der Waals surface area contributed by atoms with Gasteiger partial charge in [0.15, 0.2) is 0 Å². The molecule has 4 unspecified atom stereocenters. The topological polar surface area (TPSA) is 66.8 Å². The van der Waals surface area contributed by atoms with Gasteiger partial charge in [-0.05, 0) is 0 Å². The molecule has 0 radical (unpaired) electrons. The number of carbonyl (C=O) groups excluding carboxylic acids is 1. The van der Waals surface area contributed by atoms with Crippen molar-refractivity contribution in [2.24, 2.45) is 11.8 Å². The molecule has 0 aromatic rings. The first kappa shape index (κ1) is 8.90. The summed E-state index contributed by atoms with van der Waals surface area (Å²) < 4.78 is 18.0. The molecule has 0 aromatic carbocycles. The van der Waals surface area contributed by atoms with E-state index < -0.39 is 35.7 Å². The third kappa shape index (κ3) is 0.886. The van der Waals surface area contributed by atoms with Gasteiger partial charge < -0.3 is 14.9 Å². The van der Waals surface area contributed by atoms with Crippen molar-refractivity contribution in [1.29, 1.82) is 0 Å². The average molecular weight is 190 g/mol. The van der Waals surface area contributed by atoms with Crippen LogP contribution in [0.1, 0.15) is 6.42 Å². The Bertz CT molecular complexity index is 241. The summed E-state index contributed by atoms with van der Waals surface area (Å²) in [5.41, 5.74) is -2.15. The van der Waals surface area contributed by atoms with Gasteiger partial charge >= 0.3 is 5.97 Å². The number of esters is 1. The Morgan fingerprint density at radius 2 is 1.92 bits per heavy atom. The van der Waals surface area contributed by atoms with Crippen LogP contribution in [-0.2, 0) is 9.53 Å². The van der Waals surface area contributed by atoms with Crippen LogP contribution in [0.25, 0.3) is 0 Å². The van der Waals surface area contributed by atoms with Crippen molar-refractivity contribution >= 4 is 5.97 Å². The van der Waals surface area contributed by atoms with E-state index in [1.807, 2.05) is 0 Å². The first-order valence-corrected chi connectivity index (χ1v) is 4.17. The van der Waals surface area contributed by atoms with Crippen LogP contribution in [0.15, 0.2) is 0 Å². The van der Waals surface area contributed by atoms with Crippen molar-refractivity contribution in [2.45, 2.75) is 24.3 Å². The largest absolute Gasteiger partial charge is 0.467 e. The molecule has 2 saturated carbocycles. The molecule has 2 aliphatic carbocycles. The second kappa shape index (κ2) is 2.42. The molecule has 0 bridgehead atoms. The fourth-order valence-corrected chi connectivity index (χ4v) is 2.42. The van der Waals surface area contributed by atoms with Gasteiger partial charge in [-0.25, -0.2) is 9.18 Å². The number of alkyl halides is 1. The fraction of sp³-hybridized carbons (Fsp3) is 0.875. The number of hydrogen-bond donors (Lipinski definition) is 2. The van der Waals surface area contributed by atoms with E-state index in [1.54, 1.807) is 0 Å². The third-order valence-corrected chi connectivity index (χ3v) is 3.06. The lowest BCUT2D eigenvalue weighted by atomic mass is 10.1. The first-order valence-electron chi connectivity index (χ1n) is 4.17. The zero-order chi connectivity index (χ0) is 9.80. The summed E-state index contributed by atoms with van der Waals surface area (Å²) in [4.78, 5) is 11.0. The van der Waals surface area contributed by atoms with E-state index in [0.29, 0.717) is 0 Å². The predicted molar refractivity (Wildman–Crippen MR) is 39.5 cm³/mol. The smallest absolute Gasteiger partial charge is 0.344 e. The molecule has 74 valence electrons. The molecule has 0 aromatic heterocycles. The molecule has 0 aliphatic heterocycles. The van der Waals surface area contributed by atoms with Gasteiger partial charge in [0, 0.05) is 18.3 Å². The summed E-state index contributed by atoms with van der Waals surface area (Å²) in [5.74, 6) is -2.52. The lowest BCUT2D eigenvalue weighted by Crippen LogP contribution is -2.32. The summed E-state index contributed by atoms with van der Waals surface area (Å²) in [6, 6.07) is 0. The summed E-state index contributed by atoms with van der Waals surface area (Å²) in [6.45, 7) is 0. The summed E-state index contributed by atoms with van der Waals surface area (Å²) >= 11 is 0. The maximum absolute atomic E-state index is 13.7. The van der Waals surface area contributed by atoms with Crippen LogP contribution < -0.4 is 0 Å². The van der Waals surface area contributed by atoms with Gasteiger partial charge in [-0.3, -0.25) is 0 Å². The van der Waals surface area contributed by atoms with Crippen molar-refractivity contribution in [3.8, 4) is 0 Å². The zero-order valence-corrected chi connectivity index (χ0v) is 7.11. The lowest BCUT2D eigenvalue weighted by molar-refractivity contribution is -0.152. The number of aliphatic hydroxyl groups is 2. The molecule has 4 atom stereocenters. The lowest BCUT2D eigenvalue weighted by Gasteiger charge is -2.14. The highest BCUT2D eigenvalue weighted by atomic mass is 19.1. The minimum Gasteiger partial charge on any atom is -0.467 e. The number of hydrogen-bond acceptors (Lipinski definition) is 4. The Morgan fingerprint density at radius 3 is 2.31 bits per heavy atom. The Balaban J connectivity index is 2.19. The molecular weight excluding hydrogens is 179 g/mol. The van der Waals surface area contributed by atoms with Gasteiger partial charge in [-0.2, -0.15) is 0 Å². The Hall–Kier alpha value is -0.680. The number of ether oxygens (including phenoxy) is 1. The van der Waals surface area contributed by atoms with Gasteiger partial charge in [0.05, 0.1) is 19.3 Å². The van der Waals surface area contributed by atoms with Gasteiger partial charge in [0.25, 0.3) is 0 Å². The highest BCUT2D eigenvalue weighted by molar-refractivity contribution is 5.85. The van der Waals surface area contributed by atoms with Crippen molar-refractivity contribution in [3.63, 3.8) is 0 Å². The van der Waals surface area contributed by atoms with Crippen LogP contribution >= 0.6 is 0 Å². The average Bonchev–Trinajstić information content (AvgIpc) is 2.60. The van der Waals surface area contributed by atoms with Gasteiger partial charge in [0.1, 0.15) is 0 Å². The SMILES string of the molecule is COC(=O)C1(F)C2C(O)CC(O)C21. The standard InChI is InChI=1S/C8H11FO4/c1-13-7(12)8(9)5-3(10)2-4(11)6(5)8/h3-6,10-11H,2H2,1H3. The van der Waals surface area contributed by atoms with E-state index in [2.05, 4.69) is 4.74 Å². The predicted octanol–water partition coefficient (Wildman–Crippen LogP) is -0.761. The molecule has 13 heavy (non-hydrogen) atoms. The molecule has 0 saturated heterocycles.